The van der Waals surface area contributed by atoms with E-state index in [1.165, 1.54) is 11.8 Å². The molecule has 0 bridgehead atoms. The lowest BCUT2D eigenvalue weighted by Gasteiger charge is -2.31. The SMILES string of the molecule is CC(C)(C)OC(=O)N1CCN(C(=O)C2CCOCC2)C[C@@](C)(F)C1. The Bertz CT molecular complexity index is 470. The minimum absolute atomic E-state index is 0.00247. The highest BCUT2D eigenvalue weighted by Gasteiger charge is 2.39. The Labute approximate surface area is 143 Å². The van der Waals surface area contributed by atoms with Crippen LogP contribution >= 0.6 is 0 Å². The molecule has 0 spiro atoms. The molecule has 2 aliphatic rings. The molecule has 2 saturated heterocycles. The molecule has 0 unspecified atom stereocenters. The molecule has 2 fully saturated rings. The predicted octanol–water partition coefficient (Wildman–Crippen LogP) is 2.22. The third-order valence-electron chi connectivity index (χ3n) is 4.21. The molecule has 138 valence electrons. The van der Waals surface area contributed by atoms with E-state index in [2.05, 4.69) is 0 Å². The van der Waals surface area contributed by atoms with Crippen LogP contribution in [0.5, 0.6) is 0 Å². The molecule has 2 rings (SSSR count). The highest BCUT2D eigenvalue weighted by atomic mass is 19.1. The first-order valence-electron chi connectivity index (χ1n) is 8.61. The average Bonchev–Trinajstić information content (AvgIpc) is 2.64. The second-order valence-corrected chi connectivity index (χ2v) is 7.96. The summed E-state index contributed by atoms with van der Waals surface area (Å²) in [6.45, 7) is 8.44. The van der Waals surface area contributed by atoms with E-state index in [0.29, 0.717) is 32.6 Å². The molecule has 0 N–H and O–H groups in total. The minimum atomic E-state index is -1.66. The lowest BCUT2D eigenvalue weighted by molar-refractivity contribution is -0.139. The van der Waals surface area contributed by atoms with Gasteiger partial charge in [0.15, 0.2) is 0 Å². The molecule has 0 radical (unpaired) electrons. The van der Waals surface area contributed by atoms with Gasteiger partial charge >= 0.3 is 6.09 Å². The average molecular weight is 344 g/mol. The molecule has 6 nitrogen and oxygen atoms in total. The number of carbonyl (C=O) groups excluding carboxylic acids is 2. The Kier molecular flexibility index (Phi) is 5.73. The van der Waals surface area contributed by atoms with Gasteiger partial charge in [0.05, 0.1) is 13.1 Å². The normalized spacial score (nSPS) is 26.9. The summed E-state index contributed by atoms with van der Waals surface area (Å²) in [5, 5.41) is 0. The Balaban J connectivity index is 2.03. The molecular weight excluding hydrogens is 315 g/mol. The second-order valence-electron chi connectivity index (χ2n) is 7.96. The monoisotopic (exact) mass is 344 g/mol. The number of nitrogens with zero attached hydrogens (tertiary/aromatic N) is 2. The summed E-state index contributed by atoms with van der Waals surface area (Å²) in [5.41, 5.74) is -2.29. The lowest BCUT2D eigenvalue weighted by Crippen LogP contribution is -2.46. The number of alkyl halides is 1. The zero-order chi connectivity index (χ0) is 18.0. The summed E-state index contributed by atoms with van der Waals surface area (Å²) in [7, 11) is 0. The first-order chi connectivity index (χ1) is 11.1. The Morgan fingerprint density at radius 2 is 1.67 bits per heavy atom. The van der Waals surface area contributed by atoms with Crippen molar-refractivity contribution in [3.8, 4) is 0 Å². The van der Waals surface area contributed by atoms with E-state index >= 15 is 0 Å². The van der Waals surface area contributed by atoms with Crippen LogP contribution in [0, 0.1) is 5.92 Å². The number of hydrogen-bond acceptors (Lipinski definition) is 4. The maximum Gasteiger partial charge on any atom is 0.410 e. The van der Waals surface area contributed by atoms with Crippen LogP contribution in [0.2, 0.25) is 0 Å². The summed E-state index contributed by atoms with van der Waals surface area (Å²) in [6, 6.07) is 0. The van der Waals surface area contributed by atoms with Crippen LogP contribution in [-0.2, 0) is 14.3 Å². The molecular formula is C17H29FN2O4. The third-order valence-corrected chi connectivity index (χ3v) is 4.21. The molecule has 1 atom stereocenters. The van der Waals surface area contributed by atoms with Gasteiger partial charge < -0.3 is 19.3 Å². The van der Waals surface area contributed by atoms with E-state index in [4.69, 9.17) is 9.47 Å². The molecule has 0 aliphatic carbocycles. The minimum Gasteiger partial charge on any atom is -0.444 e. The van der Waals surface area contributed by atoms with Crippen molar-refractivity contribution >= 4 is 12.0 Å². The van der Waals surface area contributed by atoms with Gasteiger partial charge in [0.2, 0.25) is 5.91 Å². The molecule has 0 aromatic carbocycles. The summed E-state index contributed by atoms with van der Waals surface area (Å²) in [4.78, 5) is 27.8. The fraction of sp³-hybridized carbons (Fsp3) is 0.882. The molecule has 24 heavy (non-hydrogen) atoms. The van der Waals surface area contributed by atoms with Gasteiger partial charge in [-0.05, 0) is 40.5 Å². The molecule has 0 aromatic heterocycles. The fourth-order valence-electron chi connectivity index (χ4n) is 3.12. The largest absolute Gasteiger partial charge is 0.444 e. The fourth-order valence-corrected chi connectivity index (χ4v) is 3.12. The van der Waals surface area contributed by atoms with Crippen LogP contribution in [0.25, 0.3) is 0 Å². The summed E-state index contributed by atoms with van der Waals surface area (Å²) in [5.74, 6) is -0.143. The van der Waals surface area contributed by atoms with Crippen molar-refractivity contribution in [2.75, 3.05) is 39.4 Å². The number of hydrogen-bond donors (Lipinski definition) is 0. The first-order valence-corrected chi connectivity index (χ1v) is 8.61. The lowest BCUT2D eigenvalue weighted by atomic mass is 9.98. The van der Waals surface area contributed by atoms with Crippen LogP contribution in [0.15, 0.2) is 0 Å². The van der Waals surface area contributed by atoms with Crippen LogP contribution in [0.1, 0.15) is 40.5 Å². The zero-order valence-electron chi connectivity index (χ0n) is 15.1. The van der Waals surface area contributed by atoms with E-state index in [9.17, 15) is 14.0 Å². The molecule has 2 aliphatic heterocycles. The molecule has 2 amide bonds. The predicted molar refractivity (Wildman–Crippen MR) is 87.4 cm³/mol. The van der Waals surface area contributed by atoms with Gasteiger partial charge in [0.1, 0.15) is 11.3 Å². The van der Waals surface area contributed by atoms with Crippen LogP contribution < -0.4 is 0 Å². The molecule has 7 heteroatoms. The van der Waals surface area contributed by atoms with Crippen LogP contribution in [-0.4, -0.2) is 72.5 Å². The molecule has 0 saturated carbocycles. The van der Waals surface area contributed by atoms with E-state index in [-0.39, 0.29) is 31.5 Å². The van der Waals surface area contributed by atoms with Crippen molar-refractivity contribution in [1.29, 1.82) is 0 Å². The van der Waals surface area contributed by atoms with E-state index in [1.807, 2.05) is 0 Å². The topological polar surface area (TPSA) is 59.1 Å². The quantitative estimate of drug-likeness (QED) is 0.732. The maximum absolute atomic E-state index is 14.9. The Morgan fingerprint density at radius 3 is 2.25 bits per heavy atom. The number of ether oxygens (including phenoxy) is 2. The van der Waals surface area contributed by atoms with E-state index in [1.54, 1.807) is 25.7 Å². The second kappa shape index (κ2) is 7.25. The molecule has 2 heterocycles. The number of amides is 2. The Morgan fingerprint density at radius 1 is 1.12 bits per heavy atom. The van der Waals surface area contributed by atoms with Crippen molar-refractivity contribution < 1.29 is 23.5 Å². The van der Waals surface area contributed by atoms with Gasteiger partial charge in [0, 0.05) is 32.2 Å². The van der Waals surface area contributed by atoms with Crippen molar-refractivity contribution in [2.45, 2.75) is 51.8 Å². The highest BCUT2D eigenvalue weighted by molar-refractivity contribution is 5.79. The number of rotatable bonds is 1. The smallest absolute Gasteiger partial charge is 0.410 e. The molecule has 0 aromatic rings. The van der Waals surface area contributed by atoms with Crippen molar-refractivity contribution in [3.63, 3.8) is 0 Å². The van der Waals surface area contributed by atoms with E-state index in [0.717, 1.165) is 0 Å². The van der Waals surface area contributed by atoms with Gasteiger partial charge in [-0.1, -0.05) is 0 Å². The Hall–Kier alpha value is -1.37. The van der Waals surface area contributed by atoms with Gasteiger partial charge in [-0.3, -0.25) is 4.79 Å². The maximum atomic E-state index is 14.9. The standard InChI is InChI=1S/C17H29FN2O4/c1-16(2,3)24-15(22)20-8-7-19(11-17(4,18)12-20)14(21)13-5-9-23-10-6-13/h13H,5-12H2,1-4H3/t17-/m1/s1. The van der Waals surface area contributed by atoms with Gasteiger partial charge in [-0.2, -0.15) is 0 Å². The number of carbonyl (C=O) groups is 2. The zero-order valence-corrected chi connectivity index (χ0v) is 15.1. The van der Waals surface area contributed by atoms with Gasteiger partial charge in [-0.15, -0.1) is 0 Å². The third kappa shape index (κ3) is 5.33. The highest BCUT2D eigenvalue weighted by Crippen LogP contribution is 2.24. The summed E-state index contributed by atoms with van der Waals surface area (Å²) >= 11 is 0. The van der Waals surface area contributed by atoms with Crippen molar-refractivity contribution in [2.24, 2.45) is 5.92 Å². The van der Waals surface area contributed by atoms with Crippen LogP contribution in [0.3, 0.4) is 0 Å². The summed E-state index contributed by atoms with van der Waals surface area (Å²) < 4.78 is 25.5. The van der Waals surface area contributed by atoms with Gasteiger partial charge in [0.25, 0.3) is 0 Å². The first kappa shape index (κ1) is 19.0. The number of halogens is 1. The van der Waals surface area contributed by atoms with Crippen LogP contribution in [0.4, 0.5) is 9.18 Å². The van der Waals surface area contributed by atoms with Crippen molar-refractivity contribution in [3.05, 3.63) is 0 Å². The van der Waals surface area contributed by atoms with Gasteiger partial charge in [-0.25, -0.2) is 9.18 Å². The summed E-state index contributed by atoms with van der Waals surface area (Å²) in [6.07, 6.45) is 0.814. The van der Waals surface area contributed by atoms with Crippen molar-refractivity contribution in [1.82, 2.24) is 9.80 Å². The van der Waals surface area contributed by atoms with E-state index < -0.39 is 17.4 Å².